The van der Waals surface area contributed by atoms with Gasteiger partial charge in [-0.15, -0.1) is 0 Å². The van der Waals surface area contributed by atoms with Crippen molar-refractivity contribution < 1.29 is 4.79 Å². The molecule has 33 heavy (non-hydrogen) atoms. The summed E-state index contributed by atoms with van der Waals surface area (Å²) in [6.45, 7) is 0. The fourth-order valence-corrected chi connectivity index (χ4v) is 4.36. The van der Waals surface area contributed by atoms with Gasteiger partial charge in [-0.25, -0.2) is 9.97 Å². The number of hydrogen-bond donors (Lipinski definition) is 2. The first-order valence-corrected chi connectivity index (χ1v) is 11.3. The zero-order chi connectivity index (χ0) is 22.8. The smallest absolute Gasteiger partial charge is 0.271 e. The van der Waals surface area contributed by atoms with Crippen LogP contribution in [0.25, 0.3) is 21.9 Å². The number of rotatable bonds is 5. The fraction of sp³-hybridized carbons (Fsp3) is 0.320. The number of aromatic nitrogens is 4. The molecule has 5 rings (SSSR count). The number of para-hydroxylation sites is 3. The third-order valence-electron chi connectivity index (χ3n) is 6.08. The van der Waals surface area contributed by atoms with E-state index in [2.05, 4.69) is 20.6 Å². The Balaban J connectivity index is 1.21. The second kappa shape index (κ2) is 8.97. The van der Waals surface area contributed by atoms with Crippen molar-refractivity contribution in [3.63, 3.8) is 0 Å². The first-order valence-electron chi connectivity index (χ1n) is 11.3. The largest absolute Gasteiger partial charge is 0.362 e. The molecule has 2 aromatic carbocycles. The lowest BCUT2D eigenvalue weighted by molar-refractivity contribution is 0.0921. The van der Waals surface area contributed by atoms with Crippen molar-refractivity contribution in [1.29, 1.82) is 0 Å². The molecule has 168 valence electrons. The summed E-state index contributed by atoms with van der Waals surface area (Å²) >= 11 is 0. The molecule has 1 fully saturated rings. The second-order valence-electron chi connectivity index (χ2n) is 8.69. The fourth-order valence-electron chi connectivity index (χ4n) is 4.36. The van der Waals surface area contributed by atoms with Crippen LogP contribution in [-0.4, -0.2) is 52.0 Å². The van der Waals surface area contributed by atoms with Gasteiger partial charge in [0, 0.05) is 31.6 Å². The molecule has 0 aliphatic heterocycles. The van der Waals surface area contributed by atoms with Crippen LogP contribution in [0.1, 0.15) is 36.2 Å². The van der Waals surface area contributed by atoms with Crippen LogP contribution in [0.2, 0.25) is 0 Å². The molecule has 1 amide bonds. The van der Waals surface area contributed by atoms with Gasteiger partial charge >= 0.3 is 0 Å². The van der Waals surface area contributed by atoms with E-state index in [1.54, 1.807) is 6.20 Å². The van der Waals surface area contributed by atoms with E-state index >= 15 is 0 Å². The van der Waals surface area contributed by atoms with E-state index in [-0.39, 0.29) is 18.0 Å². The number of carbonyl (C=O) groups is 1. The number of anilines is 2. The highest BCUT2D eigenvalue weighted by Gasteiger charge is 2.24. The molecular formula is C25H27N7O. The minimum Gasteiger partial charge on any atom is -0.362 e. The predicted octanol–water partition coefficient (Wildman–Crippen LogP) is 3.79. The molecule has 8 nitrogen and oxygen atoms in total. The summed E-state index contributed by atoms with van der Waals surface area (Å²) in [5.74, 6) is 1.38. The maximum Gasteiger partial charge on any atom is 0.271 e. The predicted molar refractivity (Wildman–Crippen MR) is 131 cm³/mol. The summed E-state index contributed by atoms with van der Waals surface area (Å²) in [6, 6.07) is 16.0. The molecule has 0 saturated heterocycles. The quantitative estimate of drug-likeness (QED) is 0.486. The Morgan fingerprint density at radius 1 is 0.848 bits per heavy atom. The van der Waals surface area contributed by atoms with Crippen LogP contribution >= 0.6 is 0 Å². The molecule has 1 aliphatic rings. The summed E-state index contributed by atoms with van der Waals surface area (Å²) in [5, 5.41) is 7.67. The van der Waals surface area contributed by atoms with Gasteiger partial charge in [0.1, 0.15) is 11.5 Å². The van der Waals surface area contributed by atoms with Crippen LogP contribution in [0.3, 0.4) is 0 Å². The summed E-state index contributed by atoms with van der Waals surface area (Å²) in [7, 11) is 3.98. The Hall–Kier alpha value is -3.81. The summed E-state index contributed by atoms with van der Waals surface area (Å²) in [6.07, 6.45) is 5.19. The van der Waals surface area contributed by atoms with Crippen LogP contribution in [0, 0.1) is 0 Å². The monoisotopic (exact) mass is 441 g/mol. The molecule has 1 aliphatic carbocycles. The van der Waals surface area contributed by atoms with Crippen molar-refractivity contribution in [1.82, 2.24) is 25.3 Å². The number of benzene rings is 2. The molecule has 2 heterocycles. The Bertz CT molecular complexity index is 1300. The SMILES string of the molecule is CN(C)c1nc(NC2CCC(NC(=O)c3cnc4ccccc4n3)CC2)nc2ccccc12. The third kappa shape index (κ3) is 4.55. The van der Waals surface area contributed by atoms with Gasteiger partial charge in [-0.05, 0) is 49.9 Å². The van der Waals surface area contributed by atoms with Gasteiger partial charge in [-0.1, -0.05) is 24.3 Å². The third-order valence-corrected chi connectivity index (χ3v) is 6.08. The summed E-state index contributed by atoms with van der Waals surface area (Å²) in [5.41, 5.74) is 2.80. The number of carbonyl (C=O) groups excluding carboxylic acids is 1. The molecule has 2 aromatic heterocycles. The normalized spacial score (nSPS) is 18.2. The minimum absolute atomic E-state index is 0.124. The minimum atomic E-state index is -0.168. The average Bonchev–Trinajstić information content (AvgIpc) is 2.84. The zero-order valence-corrected chi connectivity index (χ0v) is 18.8. The molecule has 4 aromatic rings. The first-order chi connectivity index (χ1) is 16.1. The summed E-state index contributed by atoms with van der Waals surface area (Å²) in [4.78, 5) is 33.0. The standard InChI is InChI=1S/C25H27N7O/c1-32(2)23-18-7-3-4-8-19(18)30-25(31-23)28-17-13-11-16(12-14-17)27-24(33)22-15-26-20-9-5-6-10-21(20)29-22/h3-10,15-17H,11-14H2,1-2H3,(H,27,33)(H,28,30,31). The van der Waals surface area contributed by atoms with Gasteiger partial charge < -0.3 is 15.5 Å². The Morgan fingerprint density at radius 2 is 1.52 bits per heavy atom. The number of nitrogens with one attached hydrogen (secondary N) is 2. The van der Waals surface area contributed by atoms with Crippen molar-refractivity contribution in [2.45, 2.75) is 37.8 Å². The molecule has 0 radical (unpaired) electrons. The summed E-state index contributed by atoms with van der Waals surface area (Å²) < 4.78 is 0. The van der Waals surface area contributed by atoms with E-state index in [1.165, 1.54) is 0 Å². The Kier molecular flexibility index (Phi) is 5.73. The maximum absolute atomic E-state index is 12.7. The lowest BCUT2D eigenvalue weighted by Gasteiger charge is -2.29. The molecule has 0 unspecified atom stereocenters. The lowest BCUT2D eigenvalue weighted by atomic mass is 9.91. The van der Waals surface area contributed by atoms with Crippen molar-refractivity contribution in [3.8, 4) is 0 Å². The van der Waals surface area contributed by atoms with E-state index in [1.807, 2.05) is 67.5 Å². The van der Waals surface area contributed by atoms with Crippen LogP contribution in [0.15, 0.2) is 54.7 Å². The highest BCUT2D eigenvalue weighted by Crippen LogP contribution is 2.26. The van der Waals surface area contributed by atoms with Crippen molar-refractivity contribution in [3.05, 3.63) is 60.4 Å². The van der Waals surface area contributed by atoms with Gasteiger partial charge in [-0.2, -0.15) is 4.98 Å². The lowest BCUT2D eigenvalue weighted by Crippen LogP contribution is -2.40. The van der Waals surface area contributed by atoms with E-state index in [9.17, 15) is 4.79 Å². The van der Waals surface area contributed by atoms with E-state index in [0.29, 0.717) is 11.6 Å². The van der Waals surface area contributed by atoms with Gasteiger partial charge in [-0.3, -0.25) is 9.78 Å². The number of amides is 1. The van der Waals surface area contributed by atoms with Gasteiger partial charge in [0.05, 0.1) is 22.7 Å². The van der Waals surface area contributed by atoms with Crippen LogP contribution in [0.5, 0.6) is 0 Å². The molecule has 0 bridgehead atoms. The van der Waals surface area contributed by atoms with Gasteiger partial charge in [0.2, 0.25) is 5.95 Å². The topological polar surface area (TPSA) is 95.9 Å². The van der Waals surface area contributed by atoms with Gasteiger partial charge in [0.25, 0.3) is 5.91 Å². The van der Waals surface area contributed by atoms with E-state index < -0.39 is 0 Å². The molecule has 1 saturated carbocycles. The molecular weight excluding hydrogens is 414 g/mol. The van der Waals surface area contributed by atoms with Crippen LogP contribution < -0.4 is 15.5 Å². The molecule has 8 heteroatoms. The van der Waals surface area contributed by atoms with Crippen molar-refractivity contribution in [2.75, 3.05) is 24.3 Å². The number of hydrogen-bond acceptors (Lipinski definition) is 7. The maximum atomic E-state index is 12.7. The molecule has 0 atom stereocenters. The van der Waals surface area contributed by atoms with E-state index in [4.69, 9.17) is 9.97 Å². The van der Waals surface area contributed by atoms with Crippen molar-refractivity contribution in [2.24, 2.45) is 0 Å². The zero-order valence-electron chi connectivity index (χ0n) is 18.8. The Morgan fingerprint density at radius 3 is 2.27 bits per heavy atom. The average molecular weight is 442 g/mol. The van der Waals surface area contributed by atoms with Crippen molar-refractivity contribution >= 4 is 39.6 Å². The van der Waals surface area contributed by atoms with E-state index in [0.717, 1.165) is 53.4 Å². The first kappa shape index (κ1) is 21.1. The molecule has 2 N–H and O–H groups in total. The van der Waals surface area contributed by atoms with Crippen LogP contribution in [0.4, 0.5) is 11.8 Å². The van der Waals surface area contributed by atoms with Gasteiger partial charge in [0.15, 0.2) is 0 Å². The highest BCUT2D eigenvalue weighted by atomic mass is 16.1. The molecule has 0 spiro atoms. The Labute approximate surface area is 192 Å². The highest BCUT2D eigenvalue weighted by molar-refractivity contribution is 5.94. The number of nitrogens with zero attached hydrogens (tertiary/aromatic N) is 5. The van der Waals surface area contributed by atoms with Crippen LogP contribution in [-0.2, 0) is 0 Å². The second-order valence-corrected chi connectivity index (χ2v) is 8.69. The number of fused-ring (bicyclic) bond motifs is 2.